The van der Waals surface area contributed by atoms with Crippen LogP contribution in [-0.2, 0) is 15.2 Å². The topological polar surface area (TPSA) is 96.9 Å². The van der Waals surface area contributed by atoms with Crippen LogP contribution in [0.15, 0.2) is 48.5 Å². The van der Waals surface area contributed by atoms with Crippen molar-refractivity contribution in [1.29, 1.82) is 0 Å². The minimum Gasteiger partial charge on any atom is -0.497 e. The van der Waals surface area contributed by atoms with Crippen molar-refractivity contribution in [3.8, 4) is 11.5 Å². The zero-order valence-electron chi connectivity index (χ0n) is 15.9. The smallest absolute Gasteiger partial charge is 0.313 e. The second-order valence-electron chi connectivity index (χ2n) is 6.77. The summed E-state index contributed by atoms with van der Waals surface area (Å²) in [5, 5.41) is 16.2. The zero-order chi connectivity index (χ0) is 20.1. The normalized spacial score (nSPS) is 15.2. The van der Waals surface area contributed by atoms with Gasteiger partial charge in [0.15, 0.2) is 0 Å². The number of carbonyl (C=O) groups is 2. The van der Waals surface area contributed by atoms with Crippen molar-refractivity contribution in [2.75, 3.05) is 26.1 Å². The summed E-state index contributed by atoms with van der Waals surface area (Å²) in [5.41, 5.74) is -0.139. The van der Waals surface area contributed by atoms with E-state index in [-0.39, 0.29) is 12.5 Å². The minimum absolute atomic E-state index is 0.0385. The van der Waals surface area contributed by atoms with E-state index in [2.05, 4.69) is 10.6 Å². The van der Waals surface area contributed by atoms with Crippen LogP contribution in [0.1, 0.15) is 18.4 Å². The molecule has 0 bridgehead atoms. The lowest BCUT2D eigenvalue weighted by molar-refractivity contribution is -0.137. The highest BCUT2D eigenvalue weighted by Gasteiger charge is 2.45. The van der Waals surface area contributed by atoms with Gasteiger partial charge in [-0.25, -0.2) is 0 Å². The zero-order valence-corrected chi connectivity index (χ0v) is 15.9. The highest BCUT2D eigenvalue weighted by Crippen LogP contribution is 2.45. The predicted octanol–water partition coefficient (Wildman–Crippen LogP) is 2.06. The first-order valence-electron chi connectivity index (χ1n) is 9.07. The Bertz CT molecular complexity index is 851. The molecule has 3 rings (SSSR count). The van der Waals surface area contributed by atoms with Gasteiger partial charge in [0.1, 0.15) is 17.1 Å². The largest absolute Gasteiger partial charge is 0.497 e. The van der Waals surface area contributed by atoms with Crippen LogP contribution in [0.5, 0.6) is 11.5 Å². The number of hydrogen-bond donors (Lipinski definition) is 3. The summed E-state index contributed by atoms with van der Waals surface area (Å²) in [7, 11) is 2.97. The molecule has 1 fully saturated rings. The van der Waals surface area contributed by atoms with Crippen LogP contribution in [0.4, 0.5) is 5.69 Å². The quantitative estimate of drug-likeness (QED) is 0.635. The molecule has 2 aromatic rings. The molecule has 0 heterocycles. The van der Waals surface area contributed by atoms with Gasteiger partial charge in [-0.15, -0.1) is 0 Å². The van der Waals surface area contributed by atoms with Crippen molar-refractivity contribution in [3.63, 3.8) is 0 Å². The molecule has 1 saturated carbocycles. The maximum absolute atomic E-state index is 12.3. The Kier molecular flexibility index (Phi) is 5.84. The van der Waals surface area contributed by atoms with Crippen molar-refractivity contribution < 1.29 is 24.2 Å². The molecule has 1 unspecified atom stereocenters. The minimum atomic E-state index is -1.19. The fourth-order valence-electron chi connectivity index (χ4n) is 3.16. The molecule has 1 aliphatic rings. The van der Waals surface area contributed by atoms with Gasteiger partial charge in [0.25, 0.3) is 0 Å². The molecule has 7 heteroatoms. The van der Waals surface area contributed by atoms with Crippen LogP contribution >= 0.6 is 0 Å². The van der Waals surface area contributed by atoms with Gasteiger partial charge in [-0.05, 0) is 36.5 Å². The van der Waals surface area contributed by atoms with Gasteiger partial charge in [-0.2, -0.15) is 0 Å². The third-order valence-electron chi connectivity index (χ3n) is 4.91. The molecule has 0 saturated heterocycles. The Balaban J connectivity index is 1.67. The highest BCUT2D eigenvalue weighted by molar-refractivity contribution is 6.39. The molecule has 7 nitrogen and oxygen atoms in total. The standard InChI is InChI=1S/C21H24N2O5/c1-27-16-10-11-18(28-2)17(12-16)23-20(25)19(24)22-13-21(26,15-8-9-15)14-6-4-3-5-7-14/h3-7,10-12,15,26H,8-9,13H2,1-2H3,(H,22,24)(H,23,25). The summed E-state index contributed by atoms with van der Waals surface area (Å²) >= 11 is 0. The second kappa shape index (κ2) is 8.31. The van der Waals surface area contributed by atoms with E-state index < -0.39 is 17.4 Å². The second-order valence-corrected chi connectivity index (χ2v) is 6.77. The van der Waals surface area contributed by atoms with Gasteiger partial charge in [0.05, 0.1) is 26.5 Å². The third-order valence-corrected chi connectivity index (χ3v) is 4.91. The number of methoxy groups -OCH3 is 2. The monoisotopic (exact) mass is 384 g/mol. The first-order chi connectivity index (χ1) is 13.5. The summed E-state index contributed by atoms with van der Waals surface area (Å²) in [5.74, 6) is -0.696. The van der Waals surface area contributed by atoms with E-state index >= 15 is 0 Å². The summed E-state index contributed by atoms with van der Waals surface area (Å²) in [6.07, 6.45) is 1.77. The van der Waals surface area contributed by atoms with Crippen molar-refractivity contribution in [2.45, 2.75) is 18.4 Å². The summed E-state index contributed by atoms with van der Waals surface area (Å²) in [6, 6.07) is 14.1. The fourth-order valence-corrected chi connectivity index (χ4v) is 3.16. The van der Waals surface area contributed by atoms with Gasteiger partial charge in [0, 0.05) is 6.07 Å². The molecule has 148 valence electrons. The van der Waals surface area contributed by atoms with Crippen LogP contribution in [0.2, 0.25) is 0 Å². The SMILES string of the molecule is COc1ccc(OC)c(NC(=O)C(=O)NCC(O)(c2ccccc2)C2CC2)c1. The number of benzene rings is 2. The Morgan fingerprint density at radius 1 is 1.07 bits per heavy atom. The van der Waals surface area contributed by atoms with Crippen LogP contribution in [0.25, 0.3) is 0 Å². The average Bonchev–Trinajstić information content (AvgIpc) is 3.58. The van der Waals surface area contributed by atoms with E-state index in [1.165, 1.54) is 14.2 Å². The van der Waals surface area contributed by atoms with E-state index in [4.69, 9.17) is 9.47 Å². The van der Waals surface area contributed by atoms with Crippen LogP contribution in [0.3, 0.4) is 0 Å². The predicted molar refractivity (Wildman–Crippen MR) is 104 cm³/mol. The Morgan fingerprint density at radius 3 is 2.39 bits per heavy atom. The fraction of sp³-hybridized carbons (Fsp3) is 0.333. The van der Waals surface area contributed by atoms with Gasteiger partial charge >= 0.3 is 11.8 Å². The molecular formula is C21H24N2O5. The van der Waals surface area contributed by atoms with Crippen molar-refractivity contribution in [3.05, 3.63) is 54.1 Å². The maximum atomic E-state index is 12.3. The average molecular weight is 384 g/mol. The van der Waals surface area contributed by atoms with Gasteiger partial charge in [-0.1, -0.05) is 30.3 Å². The van der Waals surface area contributed by atoms with E-state index in [9.17, 15) is 14.7 Å². The van der Waals surface area contributed by atoms with E-state index in [1.807, 2.05) is 30.3 Å². The number of amides is 2. The number of aliphatic hydroxyl groups is 1. The molecule has 0 spiro atoms. The summed E-state index contributed by atoms with van der Waals surface area (Å²) in [6.45, 7) is -0.0385. The lowest BCUT2D eigenvalue weighted by Gasteiger charge is -2.29. The van der Waals surface area contributed by atoms with Crippen molar-refractivity contribution in [1.82, 2.24) is 5.32 Å². The molecule has 28 heavy (non-hydrogen) atoms. The van der Waals surface area contributed by atoms with Gasteiger partial charge < -0.3 is 25.2 Å². The molecule has 3 N–H and O–H groups in total. The number of nitrogens with one attached hydrogen (secondary N) is 2. The van der Waals surface area contributed by atoms with Crippen molar-refractivity contribution in [2.24, 2.45) is 5.92 Å². The summed E-state index contributed by atoms with van der Waals surface area (Å²) in [4.78, 5) is 24.6. The first kappa shape index (κ1) is 19.7. The van der Waals surface area contributed by atoms with Crippen LogP contribution in [-0.4, -0.2) is 37.7 Å². The third kappa shape index (κ3) is 4.26. The molecule has 0 aliphatic heterocycles. The lowest BCUT2D eigenvalue weighted by Crippen LogP contribution is -2.45. The Morgan fingerprint density at radius 2 is 1.79 bits per heavy atom. The number of carbonyl (C=O) groups excluding carboxylic acids is 2. The highest BCUT2D eigenvalue weighted by atomic mass is 16.5. The number of rotatable bonds is 7. The first-order valence-corrected chi connectivity index (χ1v) is 9.07. The van der Waals surface area contributed by atoms with Gasteiger partial charge in [-0.3, -0.25) is 9.59 Å². The Labute approximate surface area is 163 Å². The molecule has 1 aliphatic carbocycles. The van der Waals surface area contributed by atoms with E-state index in [1.54, 1.807) is 18.2 Å². The van der Waals surface area contributed by atoms with Crippen molar-refractivity contribution >= 4 is 17.5 Å². The van der Waals surface area contributed by atoms with Crippen LogP contribution in [0, 0.1) is 5.92 Å². The van der Waals surface area contributed by atoms with Crippen LogP contribution < -0.4 is 20.1 Å². The lowest BCUT2D eigenvalue weighted by atomic mass is 9.88. The Hall–Kier alpha value is -3.06. The van der Waals surface area contributed by atoms with Gasteiger partial charge in [0.2, 0.25) is 0 Å². The molecule has 0 radical (unpaired) electrons. The van der Waals surface area contributed by atoms with E-state index in [0.29, 0.717) is 17.2 Å². The molecular weight excluding hydrogens is 360 g/mol. The molecule has 1 atom stereocenters. The number of ether oxygens (including phenoxy) is 2. The number of anilines is 1. The molecule has 0 aromatic heterocycles. The summed E-state index contributed by atoms with van der Waals surface area (Å²) < 4.78 is 10.3. The van der Waals surface area contributed by atoms with E-state index in [0.717, 1.165) is 18.4 Å². The molecule has 2 aromatic carbocycles. The maximum Gasteiger partial charge on any atom is 0.313 e. The molecule has 2 amide bonds. The number of hydrogen-bond acceptors (Lipinski definition) is 5.